The Kier molecular flexibility index (Phi) is 2.15. The van der Waals surface area contributed by atoms with Crippen LogP contribution in [0.5, 0.6) is 0 Å². The van der Waals surface area contributed by atoms with E-state index in [1.807, 2.05) is 0 Å². The molecule has 14 heavy (non-hydrogen) atoms. The van der Waals surface area contributed by atoms with E-state index in [2.05, 4.69) is 6.58 Å². The molecule has 0 aliphatic heterocycles. The van der Waals surface area contributed by atoms with Crippen molar-refractivity contribution in [3.8, 4) is 0 Å². The average molecular weight is 190 g/mol. The molecule has 0 fully saturated rings. The van der Waals surface area contributed by atoms with Crippen molar-refractivity contribution in [2.75, 3.05) is 0 Å². The summed E-state index contributed by atoms with van der Waals surface area (Å²) < 4.78 is 1.64. The van der Waals surface area contributed by atoms with Gasteiger partial charge in [0.2, 0.25) is 0 Å². The number of fused-ring (bicyclic) bond motifs is 1. The molecule has 0 radical (unpaired) electrons. The van der Waals surface area contributed by atoms with Crippen molar-refractivity contribution in [2.45, 2.75) is 25.7 Å². The van der Waals surface area contributed by atoms with Gasteiger partial charge in [-0.1, -0.05) is 6.58 Å². The number of aryl methyl sites for hydroxylation is 1. The molecule has 0 aromatic carbocycles. The molecule has 74 valence electrons. The minimum atomic E-state index is -1.13. The molecule has 3 heteroatoms. The number of carboxylic acids is 1. The summed E-state index contributed by atoms with van der Waals surface area (Å²) >= 11 is 0. The number of aromatic carboxylic acids is 1. The van der Waals surface area contributed by atoms with Gasteiger partial charge in [0.15, 0.2) is 0 Å². The summed E-state index contributed by atoms with van der Waals surface area (Å²) in [5, 5.41) is 10.8. The lowest BCUT2D eigenvalue weighted by Gasteiger charge is -2.13. The second-order valence-corrected chi connectivity index (χ2v) is 3.55. The Balaban J connectivity index is 2.57. The van der Waals surface area contributed by atoms with Gasteiger partial charge in [-0.15, -0.1) is 0 Å². The highest BCUT2D eigenvalue weighted by Crippen LogP contribution is 2.24. The molecule has 0 spiro atoms. The molecule has 0 saturated heterocycles. The van der Waals surface area contributed by atoms with E-state index in [-0.39, 0.29) is 5.69 Å². The van der Waals surface area contributed by atoms with Gasteiger partial charge in [-0.2, -0.15) is 0 Å². The van der Waals surface area contributed by atoms with Gasteiger partial charge in [0.05, 0.1) is 11.7 Å². The van der Waals surface area contributed by atoms with E-state index in [0.717, 1.165) is 36.9 Å². The number of rotatable bonds is 2. The third-order valence-electron chi connectivity index (χ3n) is 2.73. The van der Waals surface area contributed by atoms with Crippen LogP contribution >= 0.6 is 0 Å². The first-order valence-electron chi connectivity index (χ1n) is 4.81. The molecule has 0 bridgehead atoms. The van der Waals surface area contributed by atoms with Crippen LogP contribution in [0.15, 0.2) is 12.6 Å². The molecular formula is C11H12NO2-. The number of carboxylic acid groups (broad SMARTS) is 1. The maximum Gasteiger partial charge on any atom is 0.0883 e. The SMILES string of the molecule is C=Cn1c(C(=O)[O-])cc2c1CCCC2. The van der Waals surface area contributed by atoms with Crippen molar-refractivity contribution < 1.29 is 9.90 Å². The predicted molar refractivity (Wildman–Crippen MR) is 51.8 cm³/mol. The number of carbonyl (C=O) groups excluding carboxylic acids is 1. The highest BCUT2D eigenvalue weighted by Gasteiger charge is 2.16. The largest absolute Gasteiger partial charge is 0.543 e. The van der Waals surface area contributed by atoms with Gasteiger partial charge in [0.25, 0.3) is 0 Å². The topological polar surface area (TPSA) is 45.1 Å². The fourth-order valence-corrected chi connectivity index (χ4v) is 2.09. The summed E-state index contributed by atoms with van der Waals surface area (Å²) in [5.74, 6) is -1.13. The monoisotopic (exact) mass is 190 g/mol. The molecule has 0 atom stereocenters. The third kappa shape index (κ3) is 1.25. The van der Waals surface area contributed by atoms with Gasteiger partial charge < -0.3 is 14.5 Å². The first-order valence-corrected chi connectivity index (χ1v) is 4.81. The summed E-state index contributed by atoms with van der Waals surface area (Å²) in [5.41, 5.74) is 2.45. The summed E-state index contributed by atoms with van der Waals surface area (Å²) in [6.07, 6.45) is 5.72. The average Bonchev–Trinajstić information content (AvgIpc) is 2.56. The predicted octanol–water partition coefficient (Wildman–Crippen LogP) is 0.831. The lowest BCUT2D eigenvalue weighted by molar-refractivity contribution is -0.255. The molecule has 1 heterocycles. The van der Waals surface area contributed by atoms with Crippen LogP contribution in [-0.2, 0) is 12.8 Å². The van der Waals surface area contributed by atoms with Crippen molar-refractivity contribution >= 4 is 12.2 Å². The van der Waals surface area contributed by atoms with E-state index >= 15 is 0 Å². The van der Waals surface area contributed by atoms with Crippen LogP contribution in [0.4, 0.5) is 0 Å². The first-order chi connectivity index (χ1) is 6.74. The summed E-state index contributed by atoms with van der Waals surface area (Å²) in [6.45, 7) is 3.63. The van der Waals surface area contributed by atoms with Crippen molar-refractivity contribution in [3.63, 3.8) is 0 Å². The second-order valence-electron chi connectivity index (χ2n) is 3.55. The molecule has 0 amide bonds. The van der Waals surface area contributed by atoms with Gasteiger partial charge in [-0.3, -0.25) is 0 Å². The maximum atomic E-state index is 10.8. The van der Waals surface area contributed by atoms with Crippen LogP contribution in [0.2, 0.25) is 0 Å². The molecule has 1 aromatic heterocycles. The molecule has 0 N–H and O–H groups in total. The first kappa shape index (κ1) is 9.06. The van der Waals surface area contributed by atoms with E-state index in [4.69, 9.17) is 0 Å². The summed E-state index contributed by atoms with van der Waals surface area (Å²) in [7, 11) is 0. The zero-order valence-electron chi connectivity index (χ0n) is 7.95. The van der Waals surface area contributed by atoms with Crippen LogP contribution in [0.1, 0.15) is 34.6 Å². The molecule has 1 aromatic rings. The van der Waals surface area contributed by atoms with Crippen molar-refractivity contribution in [3.05, 3.63) is 29.6 Å². The molecule has 3 nitrogen and oxygen atoms in total. The minimum Gasteiger partial charge on any atom is -0.543 e. The lowest BCUT2D eigenvalue weighted by Crippen LogP contribution is -2.24. The standard InChI is InChI=1S/C11H13NO2/c1-2-12-9-6-4-3-5-8(9)7-10(12)11(13)14/h2,7H,1,3-6H2,(H,13,14)/p-1. The molecule has 0 saturated carbocycles. The highest BCUT2D eigenvalue weighted by atomic mass is 16.4. The van der Waals surface area contributed by atoms with Gasteiger partial charge >= 0.3 is 0 Å². The Hall–Kier alpha value is -1.51. The van der Waals surface area contributed by atoms with Crippen molar-refractivity contribution in [1.29, 1.82) is 0 Å². The van der Waals surface area contributed by atoms with Crippen LogP contribution < -0.4 is 5.11 Å². The van der Waals surface area contributed by atoms with Gasteiger partial charge in [-0.25, -0.2) is 0 Å². The molecule has 1 aliphatic rings. The van der Waals surface area contributed by atoms with E-state index in [1.54, 1.807) is 16.8 Å². The van der Waals surface area contributed by atoms with Gasteiger partial charge in [-0.05, 0) is 37.3 Å². The van der Waals surface area contributed by atoms with Crippen molar-refractivity contribution in [2.24, 2.45) is 0 Å². The summed E-state index contributed by atoms with van der Waals surface area (Å²) in [4.78, 5) is 10.8. The maximum absolute atomic E-state index is 10.8. The minimum absolute atomic E-state index is 0.229. The molecular weight excluding hydrogens is 178 g/mol. The zero-order chi connectivity index (χ0) is 10.1. The zero-order valence-corrected chi connectivity index (χ0v) is 7.95. The molecule has 0 unspecified atom stereocenters. The Morgan fingerprint density at radius 1 is 1.50 bits per heavy atom. The number of carbonyl (C=O) groups is 1. The molecule has 2 rings (SSSR count). The highest BCUT2D eigenvalue weighted by molar-refractivity contribution is 5.85. The summed E-state index contributed by atoms with van der Waals surface area (Å²) in [6, 6.07) is 1.71. The Morgan fingerprint density at radius 2 is 2.21 bits per heavy atom. The van der Waals surface area contributed by atoms with Crippen LogP contribution in [0, 0.1) is 0 Å². The van der Waals surface area contributed by atoms with Crippen molar-refractivity contribution in [1.82, 2.24) is 4.57 Å². The number of hydrogen-bond donors (Lipinski definition) is 0. The fraction of sp³-hybridized carbons (Fsp3) is 0.364. The smallest absolute Gasteiger partial charge is 0.0883 e. The normalized spacial score (nSPS) is 14.9. The third-order valence-corrected chi connectivity index (χ3v) is 2.73. The van der Waals surface area contributed by atoms with Gasteiger partial charge in [0, 0.05) is 11.9 Å². The number of nitrogens with zero attached hydrogens (tertiary/aromatic N) is 1. The van der Waals surface area contributed by atoms with E-state index in [9.17, 15) is 9.90 Å². The lowest BCUT2D eigenvalue weighted by atomic mass is 9.98. The van der Waals surface area contributed by atoms with Gasteiger partial charge in [0.1, 0.15) is 0 Å². The van der Waals surface area contributed by atoms with Crippen LogP contribution in [0.3, 0.4) is 0 Å². The Bertz CT molecular complexity index is 390. The van der Waals surface area contributed by atoms with Crippen LogP contribution in [-0.4, -0.2) is 10.5 Å². The Morgan fingerprint density at radius 3 is 2.86 bits per heavy atom. The van der Waals surface area contributed by atoms with E-state index < -0.39 is 5.97 Å². The second kappa shape index (κ2) is 3.33. The number of hydrogen-bond acceptors (Lipinski definition) is 2. The van der Waals surface area contributed by atoms with Crippen LogP contribution in [0.25, 0.3) is 6.20 Å². The number of aromatic nitrogens is 1. The molecule has 1 aliphatic carbocycles. The quantitative estimate of drug-likeness (QED) is 0.693. The van der Waals surface area contributed by atoms with E-state index in [1.165, 1.54) is 0 Å². The Labute approximate surface area is 82.7 Å². The fourth-order valence-electron chi connectivity index (χ4n) is 2.09. The van der Waals surface area contributed by atoms with E-state index in [0.29, 0.717) is 0 Å².